The van der Waals surface area contributed by atoms with Crippen LogP contribution in [0.15, 0.2) is 29.1 Å². The third-order valence-electron chi connectivity index (χ3n) is 9.86. The van der Waals surface area contributed by atoms with Crippen molar-refractivity contribution in [1.29, 1.82) is 0 Å². The third-order valence-corrected chi connectivity index (χ3v) is 10.9. The van der Waals surface area contributed by atoms with Crippen molar-refractivity contribution in [3.63, 3.8) is 0 Å². The lowest BCUT2D eigenvalue weighted by atomic mass is 9.98. The van der Waals surface area contributed by atoms with Crippen molar-refractivity contribution < 1.29 is 88.0 Å². The summed E-state index contributed by atoms with van der Waals surface area (Å²) in [5, 5.41) is 91.6. The van der Waals surface area contributed by atoms with Crippen molar-refractivity contribution in [2.24, 2.45) is 0 Å². The molecule has 27 heteroatoms. The number of ether oxygens (including phenoxy) is 2. The van der Waals surface area contributed by atoms with Crippen LogP contribution in [0.1, 0.15) is 45.1 Å². The maximum absolute atomic E-state index is 12.8. The number of nitrogens with two attached hydrogens (primary N) is 1. The number of phosphoric ester groups is 1. The average molecular weight is 906 g/mol. The quantitative estimate of drug-likeness (QED) is 0.0478. The summed E-state index contributed by atoms with van der Waals surface area (Å²) < 4.78 is 33.0. The summed E-state index contributed by atoms with van der Waals surface area (Å²) in [5.74, 6) is -5.53. The number of aliphatic hydroxyl groups excluding tert-OH is 5. The van der Waals surface area contributed by atoms with Gasteiger partial charge < -0.3 is 82.2 Å². The van der Waals surface area contributed by atoms with E-state index < -0.39 is 131 Å². The highest BCUT2D eigenvalue weighted by Gasteiger charge is 2.45. The molecule has 2 aromatic rings. The molecular formula is C35H52N7O19P. The minimum Gasteiger partial charge on any atom is -0.481 e. The Morgan fingerprint density at radius 3 is 2.26 bits per heavy atom. The lowest BCUT2D eigenvalue weighted by Crippen LogP contribution is -2.51. The SMILES string of the molecule is C[C@@H]1Nc2nc(N)[nH]c(=O)c2N[C@H]1[C@@H](C)Nc1ccc(C[C@H](O)[C@H](O)[C@H](O)CO[C@H]2O[C@H](COP(=O)(O)O[C@@H](CCC(=O)O)C(=O)N[C@@H](CCC(=O)O)C(=O)O)[C@@H](O)[C@H]2O)cc1. The van der Waals surface area contributed by atoms with E-state index in [9.17, 15) is 64.1 Å². The molecule has 0 radical (unpaired) electrons. The fourth-order valence-electron chi connectivity index (χ4n) is 6.51. The highest BCUT2D eigenvalue weighted by atomic mass is 31.2. The number of aliphatic carboxylic acids is 3. The Hall–Kier alpha value is -4.99. The Balaban J connectivity index is 1.24. The fraction of sp³-hybridized carbons (Fsp3) is 0.600. The van der Waals surface area contributed by atoms with Gasteiger partial charge in [0.1, 0.15) is 48.4 Å². The number of phosphoric acid groups is 1. The van der Waals surface area contributed by atoms with Crippen LogP contribution in [0, 0.1) is 0 Å². The molecule has 2 aliphatic rings. The summed E-state index contributed by atoms with van der Waals surface area (Å²) >= 11 is 0. The van der Waals surface area contributed by atoms with Gasteiger partial charge in [-0.05, 0) is 44.4 Å². The summed E-state index contributed by atoms with van der Waals surface area (Å²) in [5.41, 5.74) is 6.77. The molecule has 0 spiro atoms. The fourth-order valence-corrected chi connectivity index (χ4v) is 7.43. The number of aromatic nitrogens is 2. The molecule has 1 aromatic carbocycles. The zero-order valence-corrected chi connectivity index (χ0v) is 34.2. The van der Waals surface area contributed by atoms with E-state index in [0.29, 0.717) is 17.1 Å². The van der Waals surface area contributed by atoms with Crippen molar-refractivity contribution in [3.8, 4) is 0 Å². The van der Waals surface area contributed by atoms with Gasteiger partial charge in [-0.3, -0.25) is 33.2 Å². The van der Waals surface area contributed by atoms with Crippen LogP contribution in [0.4, 0.5) is 23.1 Å². The highest BCUT2D eigenvalue weighted by molar-refractivity contribution is 7.47. The van der Waals surface area contributed by atoms with E-state index in [1.165, 1.54) is 0 Å². The first kappa shape index (κ1) is 49.7. The Bertz CT molecular complexity index is 1980. The van der Waals surface area contributed by atoms with Crippen LogP contribution in [0.5, 0.6) is 0 Å². The van der Waals surface area contributed by atoms with Gasteiger partial charge in [-0.1, -0.05) is 12.1 Å². The van der Waals surface area contributed by atoms with Crippen molar-refractivity contribution in [3.05, 3.63) is 40.2 Å². The Kier molecular flexibility index (Phi) is 17.5. The Morgan fingerprint density at radius 1 is 0.984 bits per heavy atom. The van der Waals surface area contributed by atoms with Crippen molar-refractivity contribution in [2.75, 3.05) is 34.9 Å². The standard InChI is InChI=1S/C35H52N7O19P/c1-14(25-15(2)38-30-26(40-25)32(53)42-35(36)41-30)37-17-5-3-16(4-6-17)11-19(43)27(49)20(44)12-58-34-29(51)28(50)22(60-34)13-59-62(56,57)61-21(8-10-24(47)48)31(52)39-18(33(54)55)7-9-23(45)46/h3-6,14-15,18-22,25,27-29,34,37,40,43-44,49-51H,7-13H2,1-2H3,(H,39,52)(H,45,46)(H,47,48)(H,54,55)(H,56,57)(H4,36,38,41,42,53)/t14-,15+,18+,19+,20-,21+,22-,25+,27+,28-,29-,34+/m1/s1. The maximum Gasteiger partial charge on any atom is 0.473 e. The van der Waals surface area contributed by atoms with Crippen LogP contribution in [0.25, 0.3) is 0 Å². The first-order chi connectivity index (χ1) is 29.0. The predicted octanol–water partition coefficient (Wildman–Crippen LogP) is -2.66. The number of aromatic amines is 1. The van der Waals surface area contributed by atoms with E-state index in [4.69, 9.17) is 34.5 Å². The van der Waals surface area contributed by atoms with Gasteiger partial charge in [0.15, 0.2) is 12.1 Å². The Morgan fingerprint density at radius 2 is 1.63 bits per heavy atom. The van der Waals surface area contributed by atoms with Crippen LogP contribution in [0.3, 0.4) is 0 Å². The highest BCUT2D eigenvalue weighted by Crippen LogP contribution is 2.46. The molecule has 62 heavy (non-hydrogen) atoms. The largest absolute Gasteiger partial charge is 0.481 e. The van der Waals surface area contributed by atoms with Crippen LogP contribution in [-0.2, 0) is 48.7 Å². The number of carbonyl (C=O) groups excluding carboxylic acids is 1. The number of aliphatic hydroxyl groups is 5. The predicted molar refractivity (Wildman–Crippen MR) is 212 cm³/mol. The zero-order valence-electron chi connectivity index (χ0n) is 33.3. The van der Waals surface area contributed by atoms with Crippen LogP contribution >= 0.6 is 7.82 Å². The first-order valence-corrected chi connectivity index (χ1v) is 20.6. The van der Waals surface area contributed by atoms with Gasteiger partial charge in [-0.25, -0.2) is 9.36 Å². The average Bonchev–Trinajstić information content (AvgIpc) is 3.46. The van der Waals surface area contributed by atoms with E-state index in [-0.39, 0.29) is 36.2 Å². The number of carboxylic acid groups (broad SMARTS) is 3. The minimum atomic E-state index is -5.33. The van der Waals surface area contributed by atoms with Gasteiger partial charge in [0, 0.05) is 37.0 Å². The van der Waals surface area contributed by atoms with Gasteiger partial charge in [0.2, 0.25) is 5.95 Å². The second-order valence-electron chi connectivity index (χ2n) is 14.7. The molecule has 1 saturated heterocycles. The van der Waals surface area contributed by atoms with Crippen molar-refractivity contribution in [1.82, 2.24) is 15.3 Å². The van der Waals surface area contributed by atoms with E-state index in [2.05, 4.69) is 25.9 Å². The number of anilines is 4. The number of fused-ring (bicyclic) bond motifs is 1. The topological polar surface area (TPSA) is 424 Å². The molecule has 13 atom stereocenters. The summed E-state index contributed by atoms with van der Waals surface area (Å²) in [4.78, 5) is 75.4. The van der Waals surface area contributed by atoms with Gasteiger partial charge in [-0.15, -0.1) is 0 Å². The molecule has 4 rings (SSSR count). The van der Waals surface area contributed by atoms with Gasteiger partial charge in [-0.2, -0.15) is 4.98 Å². The van der Waals surface area contributed by atoms with E-state index >= 15 is 0 Å². The van der Waals surface area contributed by atoms with E-state index in [1.807, 2.05) is 19.2 Å². The number of carbonyl (C=O) groups is 4. The summed E-state index contributed by atoms with van der Waals surface area (Å²) in [6.07, 6.45) is -17.0. The second-order valence-corrected chi connectivity index (χ2v) is 16.1. The molecule has 1 amide bonds. The number of hydrogen-bond acceptors (Lipinski definition) is 20. The lowest BCUT2D eigenvalue weighted by molar-refractivity contribution is -0.192. The number of carboxylic acids is 3. The van der Waals surface area contributed by atoms with Crippen LogP contribution < -0.4 is 32.6 Å². The molecule has 0 saturated carbocycles. The number of nitrogens with zero attached hydrogens (tertiary/aromatic N) is 1. The maximum atomic E-state index is 12.8. The van der Waals surface area contributed by atoms with Crippen LogP contribution in [0.2, 0.25) is 0 Å². The number of hydrogen-bond donors (Lipinski definition) is 15. The molecule has 3 heterocycles. The molecule has 2 aliphatic heterocycles. The number of benzene rings is 1. The van der Waals surface area contributed by atoms with Gasteiger partial charge >= 0.3 is 25.7 Å². The van der Waals surface area contributed by atoms with E-state index in [1.54, 1.807) is 24.3 Å². The molecule has 0 aliphatic carbocycles. The third kappa shape index (κ3) is 14.0. The normalized spacial score (nSPS) is 24.7. The van der Waals surface area contributed by atoms with Crippen LogP contribution in [-0.4, -0.2) is 166 Å². The van der Waals surface area contributed by atoms with Crippen molar-refractivity contribution >= 4 is 54.8 Å². The summed E-state index contributed by atoms with van der Waals surface area (Å²) in [7, 11) is -5.33. The molecule has 1 aromatic heterocycles. The molecule has 16 N–H and O–H groups in total. The molecule has 1 unspecified atom stereocenters. The first-order valence-electron chi connectivity index (χ1n) is 19.1. The Labute approximate surface area is 352 Å². The van der Waals surface area contributed by atoms with E-state index in [0.717, 1.165) is 0 Å². The number of rotatable bonds is 24. The minimum absolute atomic E-state index is 0.0141. The summed E-state index contributed by atoms with van der Waals surface area (Å²) in [6, 6.07) is 4.46. The number of H-pyrrole nitrogens is 1. The molecule has 26 nitrogen and oxygen atoms in total. The number of amides is 1. The molecule has 0 bridgehead atoms. The number of nitrogens with one attached hydrogen (secondary N) is 5. The number of nitrogen functional groups attached to an aromatic ring is 1. The second kappa shape index (κ2) is 21.9. The van der Waals surface area contributed by atoms with Crippen molar-refractivity contribution in [2.45, 2.75) is 119 Å². The molecule has 1 fully saturated rings. The van der Waals surface area contributed by atoms with Gasteiger partial charge in [0.05, 0.1) is 25.4 Å². The lowest BCUT2D eigenvalue weighted by Gasteiger charge is -2.37. The smallest absolute Gasteiger partial charge is 0.473 e. The summed E-state index contributed by atoms with van der Waals surface area (Å²) in [6.45, 7) is 2.09. The zero-order chi connectivity index (χ0) is 46.1. The van der Waals surface area contributed by atoms with Gasteiger partial charge in [0.25, 0.3) is 11.5 Å². The monoisotopic (exact) mass is 905 g/mol. The molecular weight excluding hydrogens is 853 g/mol. The molecule has 346 valence electrons.